The van der Waals surface area contributed by atoms with Gasteiger partial charge in [0, 0.05) is 41.7 Å². The van der Waals surface area contributed by atoms with Crippen LogP contribution in [-0.4, -0.2) is 31.7 Å². The second kappa shape index (κ2) is 10.6. The Labute approximate surface area is 173 Å². The Kier molecular flexibility index (Phi) is 8.47. The molecule has 0 aliphatic heterocycles. The van der Waals surface area contributed by atoms with Gasteiger partial charge < -0.3 is 14.3 Å². The molecular weight excluding hydrogens is 402 g/mol. The molecule has 2 N–H and O–H groups in total. The van der Waals surface area contributed by atoms with E-state index >= 15 is 0 Å². The van der Waals surface area contributed by atoms with E-state index < -0.39 is 11.8 Å². The zero-order valence-corrected chi connectivity index (χ0v) is 17.2. The average molecular weight is 424 g/mol. The molecule has 0 unspecified atom stereocenters. The molecule has 0 fully saturated rings. The topological polar surface area (TPSA) is 87.8 Å². The van der Waals surface area contributed by atoms with Crippen LogP contribution in [-0.2, 0) is 24.9 Å². The number of rotatable bonds is 10. The molecule has 2 aromatic carbocycles. The van der Waals surface area contributed by atoms with E-state index in [2.05, 4.69) is 4.84 Å². The van der Waals surface area contributed by atoms with E-state index in [-0.39, 0.29) is 12.2 Å². The van der Waals surface area contributed by atoms with Crippen LogP contribution >= 0.6 is 23.4 Å². The molecule has 8 heteroatoms. The summed E-state index contributed by atoms with van der Waals surface area (Å²) in [6.45, 7) is 0. The van der Waals surface area contributed by atoms with Crippen LogP contribution < -0.4 is 5.90 Å². The molecule has 0 aromatic heterocycles. The first-order valence-electron chi connectivity index (χ1n) is 8.50. The van der Waals surface area contributed by atoms with Gasteiger partial charge in [0.05, 0.1) is 0 Å². The van der Waals surface area contributed by atoms with Crippen LogP contribution in [0.3, 0.4) is 0 Å². The molecule has 0 aliphatic carbocycles. The number of hydrogen-bond acceptors (Lipinski definition) is 7. The Morgan fingerprint density at radius 1 is 1.04 bits per heavy atom. The lowest BCUT2D eigenvalue weighted by Gasteiger charge is -2.29. The number of ether oxygens (including phenoxy) is 2. The molecule has 0 amide bonds. The third-order valence-electron chi connectivity index (χ3n) is 4.14. The Bertz CT molecular complexity index is 791. The van der Waals surface area contributed by atoms with Crippen molar-refractivity contribution in [2.75, 3.05) is 20.0 Å². The lowest BCUT2D eigenvalue weighted by Crippen LogP contribution is -2.40. The number of carbonyl (C=O) groups excluding carboxylic acids is 2. The summed E-state index contributed by atoms with van der Waals surface area (Å²) in [5.74, 6) is 3.23. The average Bonchev–Trinajstić information content (AvgIpc) is 2.73. The molecule has 0 radical (unpaired) electrons. The van der Waals surface area contributed by atoms with Crippen molar-refractivity contribution in [2.24, 2.45) is 5.90 Å². The second-order valence-corrected chi connectivity index (χ2v) is 7.43. The molecule has 0 aliphatic rings. The molecule has 28 heavy (non-hydrogen) atoms. The predicted molar refractivity (Wildman–Crippen MR) is 108 cm³/mol. The largest absolute Gasteiger partial charge is 0.373 e. The van der Waals surface area contributed by atoms with E-state index in [9.17, 15) is 9.59 Å². The fraction of sp³-hybridized carbons (Fsp3) is 0.300. The molecule has 2 rings (SSSR count). The Hall–Kier alpha value is -1.90. The SMILES string of the molecule is COC(OC)(C(=O)c1ccc(SCCCC(=O)ON)cc1)c1ccc(Cl)cc1. The third kappa shape index (κ3) is 5.33. The third-order valence-corrected chi connectivity index (χ3v) is 5.49. The maximum atomic E-state index is 13.1. The van der Waals surface area contributed by atoms with Crippen LogP contribution in [0, 0.1) is 0 Å². The first-order chi connectivity index (χ1) is 13.5. The minimum Gasteiger partial charge on any atom is -0.373 e. The number of carbonyl (C=O) groups is 2. The van der Waals surface area contributed by atoms with Crippen LogP contribution in [0.15, 0.2) is 53.4 Å². The molecule has 6 nitrogen and oxygen atoms in total. The lowest BCUT2D eigenvalue weighted by atomic mass is 9.96. The van der Waals surface area contributed by atoms with Crippen molar-refractivity contribution in [3.63, 3.8) is 0 Å². The molecule has 0 saturated carbocycles. The molecule has 0 spiro atoms. The highest BCUT2D eigenvalue weighted by molar-refractivity contribution is 7.99. The van der Waals surface area contributed by atoms with Crippen molar-refractivity contribution in [1.82, 2.24) is 0 Å². The van der Waals surface area contributed by atoms with Crippen molar-refractivity contribution in [3.8, 4) is 0 Å². The number of benzene rings is 2. The Balaban J connectivity index is 2.11. The zero-order chi connectivity index (χ0) is 20.6. The van der Waals surface area contributed by atoms with Gasteiger partial charge in [-0.15, -0.1) is 11.8 Å². The fourth-order valence-corrected chi connectivity index (χ4v) is 3.64. The predicted octanol–water partition coefficient (Wildman–Crippen LogP) is 3.96. The molecule has 0 saturated heterocycles. The van der Waals surface area contributed by atoms with Gasteiger partial charge in [0.1, 0.15) is 0 Å². The van der Waals surface area contributed by atoms with Gasteiger partial charge >= 0.3 is 5.97 Å². The van der Waals surface area contributed by atoms with E-state index in [1.807, 2.05) is 12.1 Å². The number of methoxy groups -OCH3 is 2. The highest BCUT2D eigenvalue weighted by atomic mass is 35.5. The van der Waals surface area contributed by atoms with Gasteiger partial charge in [-0.2, -0.15) is 5.90 Å². The van der Waals surface area contributed by atoms with E-state index in [0.29, 0.717) is 22.6 Å². The lowest BCUT2D eigenvalue weighted by molar-refractivity contribution is -0.176. The summed E-state index contributed by atoms with van der Waals surface area (Å²) in [6, 6.07) is 13.9. The van der Waals surface area contributed by atoms with Crippen molar-refractivity contribution in [1.29, 1.82) is 0 Å². The van der Waals surface area contributed by atoms with Crippen LogP contribution in [0.4, 0.5) is 0 Å². The fourth-order valence-electron chi connectivity index (χ4n) is 2.66. The van der Waals surface area contributed by atoms with Crippen molar-refractivity contribution >= 4 is 35.1 Å². The van der Waals surface area contributed by atoms with Gasteiger partial charge in [-0.05, 0) is 36.4 Å². The summed E-state index contributed by atoms with van der Waals surface area (Å²) in [6.07, 6.45) is 0.916. The highest BCUT2D eigenvalue weighted by Gasteiger charge is 2.41. The number of ketones is 1. The van der Waals surface area contributed by atoms with Gasteiger partial charge in [-0.3, -0.25) is 9.59 Å². The summed E-state index contributed by atoms with van der Waals surface area (Å²) in [7, 11) is 2.85. The van der Waals surface area contributed by atoms with Crippen LogP contribution in [0.25, 0.3) is 0 Å². The summed E-state index contributed by atoms with van der Waals surface area (Å²) < 4.78 is 11.0. The number of halogens is 1. The van der Waals surface area contributed by atoms with Crippen molar-refractivity contribution in [3.05, 3.63) is 64.7 Å². The quantitative estimate of drug-likeness (QED) is 0.203. The number of hydrogen-bond donors (Lipinski definition) is 1. The highest BCUT2D eigenvalue weighted by Crippen LogP contribution is 2.32. The van der Waals surface area contributed by atoms with Gasteiger partial charge in [0.2, 0.25) is 5.78 Å². The molecule has 2 aromatic rings. The smallest absolute Gasteiger partial charge is 0.324 e. The Morgan fingerprint density at radius 3 is 2.18 bits per heavy atom. The van der Waals surface area contributed by atoms with Gasteiger partial charge in [-0.25, -0.2) is 0 Å². The van der Waals surface area contributed by atoms with E-state index in [0.717, 1.165) is 10.6 Å². The summed E-state index contributed by atoms with van der Waals surface area (Å²) in [5, 5.41) is 0.554. The van der Waals surface area contributed by atoms with Crippen LogP contribution in [0.5, 0.6) is 0 Å². The van der Waals surface area contributed by atoms with Crippen molar-refractivity contribution in [2.45, 2.75) is 23.5 Å². The van der Waals surface area contributed by atoms with Gasteiger partial charge in [0.15, 0.2) is 0 Å². The number of nitrogens with two attached hydrogens (primary N) is 1. The van der Waals surface area contributed by atoms with E-state index in [1.54, 1.807) is 48.2 Å². The maximum absolute atomic E-state index is 13.1. The van der Waals surface area contributed by atoms with E-state index in [4.69, 9.17) is 27.0 Å². The molecule has 0 bridgehead atoms. The first kappa shape index (κ1) is 22.4. The monoisotopic (exact) mass is 423 g/mol. The van der Waals surface area contributed by atoms with Crippen LogP contribution in [0.2, 0.25) is 5.02 Å². The normalized spacial score (nSPS) is 11.3. The number of Topliss-reactive ketones (excluding diaryl/α,β-unsaturated/α-hetero) is 1. The summed E-state index contributed by atoms with van der Waals surface area (Å²) in [5.41, 5.74) is 1.01. The van der Waals surface area contributed by atoms with E-state index in [1.165, 1.54) is 14.2 Å². The summed E-state index contributed by atoms with van der Waals surface area (Å²) in [4.78, 5) is 29.2. The minimum atomic E-state index is -1.55. The zero-order valence-electron chi connectivity index (χ0n) is 15.6. The Morgan fingerprint density at radius 2 is 1.64 bits per heavy atom. The first-order valence-corrected chi connectivity index (χ1v) is 9.86. The second-order valence-electron chi connectivity index (χ2n) is 5.83. The summed E-state index contributed by atoms with van der Waals surface area (Å²) >= 11 is 7.51. The van der Waals surface area contributed by atoms with Gasteiger partial charge in [-0.1, -0.05) is 35.9 Å². The minimum absolute atomic E-state index is 0.269. The molecule has 0 heterocycles. The van der Waals surface area contributed by atoms with Crippen LogP contribution in [0.1, 0.15) is 28.8 Å². The molecular formula is C20H22ClNO5S. The maximum Gasteiger partial charge on any atom is 0.324 e. The standard InChI is InChI=1S/C20H22ClNO5S/c1-25-20(26-2,15-7-9-16(21)10-8-15)19(24)14-5-11-17(12-6-14)28-13-3-4-18(23)27-22/h5-12H,3-4,13,22H2,1-2H3. The van der Waals surface area contributed by atoms with Crippen molar-refractivity contribution < 1.29 is 23.9 Å². The number of thioether (sulfide) groups is 1. The molecule has 150 valence electrons. The molecule has 0 atom stereocenters. The van der Waals surface area contributed by atoms with Gasteiger partial charge in [0.25, 0.3) is 5.79 Å².